The maximum Gasteiger partial charge on any atom is 0.120 e. The summed E-state index contributed by atoms with van der Waals surface area (Å²) in [5.74, 6) is 1.11. The zero-order valence-corrected chi connectivity index (χ0v) is 9.16. The van der Waals surface area contributed by atoms with Crippen molar-refractivity contribution in [2.24, 2.45) is 0 Å². The van der Waals surface area contributed by atoms with Gasteiger partial charge in [0.05, 0.1) is 7.11 Å². The fourth-order valence-electron chi connectivity index (χ4n) is 1.70. The van der Waals surface area contributed by atoms with Gasteiger partial charge in [0.15, 0.2) is 0 Å². The molecule has 82 valence electrons. The molecule has 1 aliphatic carbocycles. The number of hydrogen-bond acceptors (Lipinski definition) is 3. The molecule has 1 aromatic carbocycles. The van der Waals surface area contributed by atoms with E-state index < -0.39 is 0 Å². The zero-order chi connectivity index (χ0) is 10.8. The summed E-state index contributed by atoms with van der Waals surface area (Å²) in [6, 6.07) is 6.13. The summed E-state index contributed by atoms with van der Waals surface area (Å²) in [7, 11) is 1.63. The lowest BCUT2D eigenvalue weighted by atomic mass is 10.1. The van der Waals surface area contributed by atoms with E-state index in [9.17, 15) is 5.11 Å². The van der Waals surface area contributed by atoms with Gasteiger partial charge in [0, 0.05) is 17.6 Å². The summed E-state index contributed by atoms with van der Waals surface area (Å²) in [5.41, 5.74) is 0.904. The van der Waals surface area contributed by atoms with Gasteiger partial charge in [-0.15, -0.1) is 0 Å². The van der Waals surface area contributed by atoms with Crippen LogP contribution in [0, 0.1) is 0 Å². The summed E-state index contributed by atoms with van der Waals surface area (Å²) < 4.78 is 5.14. The topological polar surface area (TPSA) is 41.5 Å². The monoisotopic (exact) mass is 207 g/mol. The van der Waals surface area contributed by atoms with Crippen molar-refractivity contribution in [2.45, 2.75) is 31.8 Å². The molecule has 0 radical (unpaired) electrons. The molecular weight excluding hydrogens is 190 g/mol. The standard InChI is InChI=1S/C12H17NO2/c1-8(13-9-3-4-9)11-7-10(15-2)5-6-12(11)14/h5-9,13-14H,3-4H2,1-2H3/t8-/m1/s1. The summed E-state index contributed by atoms with van der Waals surface area (Å²) >= 11 is 0. The van der Waals surface area contributed by atoms with Gasteiger partial charge in [-0.1, -0.05) is 0 Å². The van der Waals surface area contributed by atoms with Crippen molar-refractivity contribution >= 4 is 0 Å². The molecule has 1 aromatic rings. The molecule has 0 aliphatic heterocycles. The van der Waals surface area contributed by atoms with Crippen LogP contribution in [0.3, 0.4) is 0 Å². The van der Waals surface area contributed by atoms with Crippen LogP contribution in [0.4, 0.5) is 0 Å². The third kappa shape index (κ3) is 2.42. The van der Waals surface area contributed by atoms with E-state index >= 15 is 0 Å². The molecule has 1 aliphatic rings. The Labute approximate surface area is 90.1 Å². The predicted molar refractivity (Wildman–Crippen MR) is 59.2 cm³/mol. The fourth-order valence-corrected chi connectivity index (χ4v) is 1.70. The quantitative estimate of drug-likeness (QED) is 0.795. The van der Waals surface area contributed by atoms with Crippen LogP contribution in [0.1, 0.15) is 31.4 Å². The minimum Gasteiger partial charge on any atom is -0.508 e. The molecule has 2 rings (SSSR count). The molecule has 15 heavy (non-hydrogen) atoms. The average molecular weight is 207 g/mol. The molecule has 0 unspecified atom stereocenters. The molecule has 1 atom stereocenters. The number of rotatable bonds is 4. The maximum absolute atomic E-state index is 9.74. The van der Waals surface area contributed by atoms with Crippen molar-refractivity contribution in [3.63, 3.8) is 0 Å². The number of nitrogens with one attached hydrogen (secondary N) is 1. The summed E-state index contributed by atoms with van der Waals surface area (Å²) in [5, 5.41) is 13.2. The van der Waals surface area contributed by atoms with Crippen molar-refractivity contribution in [3.8, 4) is 11.5 Å². The molecule has 3 heteroatoms. The highest BCUT2D eigenvalue weighted by molar-refractivity contribution is 5.41. The first-order chi connectivity index (χ1) is 7.20. The molecule has 0 amide bonds. The van der Waals surface area contributed by atoms with Crippen LogP contribution in [-0.2, 0) is 0 Å². The Morgan fingerprint density at radius 2 is 2.20 bits per heavy atom. The number of phenolic OH excluding ortho intramolecular Hbond substituents is 1. The second-order valence-electron chi connectivity index (χ2n) is 4.09. The summed E-state index contributed by atoms with van der Waals surface area (Å²) in [4.78, 5) is 0. The molecule has 0 heterocycles. The van der Waals surface area contributed by atoms with Gasteiger partial charge in [0.1, 0.15) is 11.5 Å². The number of benzene rings is 1. The molecule has 0 saturated heterocycles. The Bertz CT molecular complexity index is 347. The third-order valence-electron chi connectivity index (χ3n) is 2.76. The molecule has 0 spiro atoms. The van der Waals surface area contributed by atoms with Crippen LogP contribution in [0.25, 0.3) is 0 Å². The van der Waals surface area contributed by atoms with Gasteiger partial charge in [-0.25, -0.2) is 0 Å². The lowest BCUT2D eigenvalue weighted by Crippen LogP contribution is -2.20. The van der Waals surface area contributed by atoms with Crippen LogP contribution < -0.4 is 10.1 Å². The van der Waals surface area contributed by atoms with Crippen molar-refractivity contribution in [3.05, 3.63) is 23.8 Å². The highest BCUT2D eigenvalue weighted by Gasteiger charge is 2.24. The van der Waals surface area contributed by atoms with E-state index in [0.717, 1.165) is 11.3 Å². The predicted octanol–water partition coefficient (Wildman–Crippen LogP) is 2.21. The Morgan fingerprint density at radius 1 is 1.47 bits per heavy atom. The van der Waals surface area contributed by atoms with E-state index in [1.807, 2.05) is 6.07 Å². The molecule has 0 bridgehead atoms. The molecule has 1 saturated carbocycles. The highest BCUT2D eigenvalue weighted by atomic mass is 16.5. The average Bonchev–Trinajstić information content (AvgIpc) is 3.02. The maximum atomic E-state index is 9.74. The number of methoxy groups -OCH3 is 1. The molecule has 2 N–H and O–H groups in total. The first kappa shape index (κ1) is 10.3. The molecule has 1 fully saturated rings. The van der Waals surface area contributed by atoms with E-state index in [0.29, 0.717) is 11.8 Å². The second kappa shape index (κ2) is 4.11. The normalized spacial score (nSPS) is 17.5. The van der Waals surface area contributed by atoms with Crippen LogP contribution >= 0.6 is 0 Å². The largest absolute Gasteiger partial charge is 0.508 e. The van der Waals surface area contributed by atoms with Gasteiger partial charge in [-0.2, -0.15) is 0 Å². The molecular formula is C12H17NO2. The Hall–Kier alpha value is -1.22. The smallest absolute Gasteiger partial charge is 0.120 e. The lowest BCUT2D eigenvalue weighted by molar-refractivity contribution is 0.407. The van der Waals surface area contributed by atoms with Gasteiger partial charge in [-0.3, -0.25) is 0 Å². The van der Waals surface area contributed by atoms with E-state index in [2.05, 4.69) is 12.2 Å². The van der Waals surface area contributed by atoms with Gasteiger partial charge < -0.3 is 15.2 Å². The minimum atomic E-state index is 0.174. The van der Waals surface area contributed by atoms with Gasteiger partial charge in [-0.05, 0) is 38.0 Å². The van der Waals surface area contributed by atoms with E-state index in [1.54, 1.807) is 19.2 Å². The Morgan fingerprint density at radius 3 is 2.80 bits per heavy atom. The van der Waals surface area contributed by atoms with E-state index in [1.165, 1.54) is 12.8 Å². The van der Waals surface area contributed by atoms with Crippen molar-refractivity contribution in [1.82, 2.24) is 5.32 Å². The Balaban J connectivity index is 2.16. The number of ether oxygens (including phenoxy) is 1. The Kier molecular flexibility index (Phi) is 2.82. The summed E-state index contributed by atoms with van der Waals surface area (Å²) in [6.07, 6.45) is 2.49. The highest BCUT2D eigenvalue weighted by Crippen LogP contribution is 2.31. The first-order valence-corrected chi connectivity index (χ1v) is 5.33. The first-order valence-electron chi connectivity index (χ1n) is 5.33. The number of aromatic hydroxyl groups is 1. The third-order valence-corrected chi connectivity index (χ3v) is 2.76. The van der Waals surface area contributed by atoms with E-state index in [4.69, 9.17) is 4.74 Å². The van der Waals surface area contributed by atoms with Crippen molar-refractivity contribution in [2.75, 3.05) is 7.11 Å². The van der Waals surface area contributed by atoms with Crippen molar-refractivity contribution < 1.29 is 9.84 Å². The van der Waals surface area contributed by atoms with Crippen LogP contribution in [0.5, 0.6) is 11.5 Å². The SMILES string of the molecule is COc1ccc(O)c([C@@H](C)NC2CC2)c1. The minimum absolute atomic E-state index is 0.174. The van der Waals surface area contributed by atoms with Gasteiger partial charge >= 0.3 is 0 Å². The van der Waals surface area contributed by atoms with E-state index in [-0.39, 0.29) is 6.04 Å². The van der Waals surface area contributed by atoms with Gasteiger partial charge in [0.2, 0.25) is 0 Å². The number of hydrogen-bond donors (Lipinski definition) is 2. The molecule has 0 aromatic heterocycles. The molecule has 3 nitrogen and oxygen atoms in total. The lowest BCUT2D eigenvalue weighted by Gasteiger charge is -2.15. The van der Waals surface area contributed by atoms with Crippen LogP contribution in [0.2, 0.25) is 0 Å². The second-order valence-corrected chi connectivity index (χ2v) is 4.09. The zero-order valence-electron chi connectivity index (χ0n) is 9.16. The summed E-state index contributed by atoms with van der Waals surface area (Å²) in [6.45, 7) is 2.06. The fraction of sp³-hybridized carbons (Fsp3) is 0.500. The van der Waals surface area contributed by atoms with Gasteiger partial charge in [0.25, 0.3) is 0 Å². The van der Waals surface area contributed by atoms with Crippen molar-refractivity contribution in [1.29, 1.82) is 0 Å². The van der Waals surface area contributed by atoms with Crippen LogP contribution in [0.15, 0.2) is 18.2 Å². The number of phenols is 1. The van der Waals surface area contributed by atoms with Crippen LogP contribution in [-0.4, -0.2) is 18.3 Å².